The van der Waals surface area contributed by atoms with Crippen LogP contribution in [0.25, 0.3) is 10.9 Å². The standard InChI is InChI=1S/C31H37N7O9/c1-37-14-18(34-28(44)20-10-16-6-3-4-7-19(16)35-20)12-21(37)29(45)32-9-5-8-24(40)33-17-11-22(38(2)13-17)30(46)36-31-27(43)26(42)25(41)23(15-39)47-31/h3-4,6-7,10-14,23,25-27,31,35,39,41-43H,5,8-9,15H2,1-2H3,(H,32,45)(H,33,40)(H,34,44)(H,36,46)/t23-,25-,26+,27+,31-/m1/s1. The van der Waals surface area contributed by atoms with Crippen LogP contribution in [0, 0.1) is 0 Å². The third-order valence-corrected chi connectivity index (χ3v) is 7.82. The van der Waals surface area contributed by atoms with E-state index in [1.54, 1.807) is 37.0 Å². The van der Waals surface area contributed by atoms with Gasteiger partial charge < -0.3 is 60.5 Å². The van der Waals surface area contributed by atoms with E-state index in [1.807, 2.05) is 24.3 Å². The molecule has 16 heteroatoms. The summed E-state index contributed by atoms with van der Waals surface area (Å²) in [6.07, 6.45) is -3.90. The number of anilines is 2. The first-order chi connectivity index (χ1) is 22.4. The smallest absolute Gasteiger partial charge is 0.272 e. The van der Waals surface area contributed by atoms with Crippen molar-refractivity contribution >= 4 is 45.9 Å². The number of aliphatic hydroxyl groups excluding tert-OH is 4. The molecule has 1 aromatic carbocycles. The predicted molar refractivity (Wildman–Crippen MR) is 169 cm³/mol. The fourth-order valence-electron chi connectivity index (χ4n) is 5.30. The molecule has 0 bridgehead atoms. The molecular formula is C31H37N7O9. The molecule has 4 aromatic rings. The molecule has 1 aliphatic rings. The zero-order chi connectivity index (χ0) is 33.8. The molecule has 0 spiro atoms. The average Bonchev–Trinajstić information content (AvgIpc) is 3.75. The normalized spacial score (nSPS) is 20.9. The van der Waals surface area contributed by atoms with Gasteiger partial charge in [0.25, 0.3) is 17.7 Å². The van der Waals surface area contributed by atoms with Gasteiger partial charge >= 0.3 is 0 Å². The number of para-hydroxylation sites is 1. The topological polar surface area (TPSA) is 232 Å². The van der Waals surface area contributed by atoms with Gasteiger partial charge in [0.05, 0.1) is 18.0 Å². The van der Waals surface area contributed by atoms with E-state index >= 15 is 0 Å². The Morgan fingerprint density at radius 2 is 1.51 bits per heavy atom. The minimum atomic E-state index is -1.64. The summed E-state index contributed by atoms with van der Waals surface area (Å²) in [6.45, 7) is -0.434. The number of aromatic nitrogens is 3. The Balaban J connectivity index is 1.07. The summed E-state index contributed by atoms with van der Waals surface area (Å²) in [5.74, 6) is -1.77. The lowest BCUT2D eigenvalue weighted by Crippen LogP contribution is -2.63. The van der Waals surface area contributed by atoms with E-state index < -0.39 is 43.2 Å². The number of hydrogen-bond donors (Lipinski definition) is 9. The molecule has 47 heavy (non-hydrogen) atoms. The molecule has 0 radical (unpaired) electrons. The van der Waals surface area contributed by atoms with E-state index in [9.17, 15) is 39.6 Å². The number of H-pyrrole nitrogens is 1. The number of benzene rings is 1. The first kappa shape index (κ1) is 33.4. The molecule has 4 heterocycles. The van der Waals surface area contributed by atoms with Crippen molar-refractivity contribution < 1.29 is 44.3 Å². The lowest BCUT2D eigenvalue weighted by molar-refractivity contribution is -0.233. The quantitative estimate of drug-likeness (QED) is 0.0974. The first-order valence-corrected chi connectivity index (χ1v) is 14.9. The highest BCUT2D eigenvalue weighted by Crippen LogP contribution is 2.21. The SMILES string of the molecule is Cn1cc(NC(=O)c2cc3ccccc3[nH]2)cc1C(=O)NCCCC(=O)Nc1cc(C(=O)N[C@@H]2O[C@H](CO)[C@@H](O)[C@H](O)[C@@H]2O)n(C)c1. The minimum Gasteiger partial charge on any atom is -0.394 e. The van der Waals surface area contributed by atoms with E-state index in [0.717, 1.165) is 10.9 Å². The first-order valence-electron chi connectivity index (χ1n) is 14.9. The van der Waals surface area contributed by atoms with Crippen LogP contribution in [-0.4, -0.2) is 102 Å². The van der Waals surface area contributed by atoms with Crippen LogP contribution in [0.2, 0.25) is 0 Å². The molecule has 0 unspecified atom stereocenters. The molecule has 5 atom stereocenters. The zero-order valence-electron chi connectivity index (χ0n) is 25.6. The summed E-state index contributed by atoms with van der Waals surface area (Å²) in [5, 5.41) is 50.9. The monoisotopic (exact) mass is 651 g/mol. The summed E-state index contributed by atoms with van der Waals surface area (Å²) in [4.78, 5) is 53.9. The van der Waals surface area contributed by atoms with Crippen molar-refractivity contribution in [1.29, 1.82) is 0 Å². The van der Waals surface area contributed by atoms with E-state index in [0.29, 0.717) is 29.2 Å². The Morgan fingerprint density at radius 1 is 0.851 bits per heavy atom. The highest BCUT2D eigenvalue weighted by atomic mass is 16.6. The Morgan fingerprint density at radius 3 is 2.19 bits per heavy atom. The number of carbonyl (C=O) groups excluding carboxylic acids is 4. The molecule has 16 nitrogen and oxygen atoms in total. The molecular weight excluding hydrogens is 614 g/mol. The van der Waals surface area contributed by atoms with Crippen molar-refractivity contribution in [3.8, 4) is 0 Å². The highest BCUT2D eigenvalue weighted by Gasteiger charge is 2.44. The molecule has 1 fully saturated rings. The maximum Gasteiger partial charge on any atom is 0.272 e. The molecule has 1 saturated heterocycles. The number of hydrogen-bond acceptors (Lipinski definition) is 9. The lowest BCUT2D eigenvalue weighted by Gasteiger charge is -2.40. The zero-order valence-corrected chi connectivity index (χ0v) is 25.6. The van der Waals surface area contributed by atoms with Crippen LogP contribution in [0.15, 0.2) is 54.9 Å². The molecule has 5 rings (SSSR count). The molecule has 4 amide bonds. The van der Waals surface area contributed by atoms with Gasteiger partial charge in [-0.05, 0) is 30.7 Å². The van der Waals surface area contributed by atoms with E-state index in [-0.39, 0.29) is 36.4 Å². The summed E-state index contributed by atoms with van der Waals surface area (Å²) < 4.78 is 8.34. The van der Waals surface area contributed by atoms with Gasteiger partial charge in [0, 0.05) is 50.4 Å². The van der Waals surface area contributed by atoms with Crippen LogP contribution in [-0.2, 0) is 23.6 Å². The number of carbonyl (C=O) groups is 4. The van der Waals surface area contributed by atoms with Crippen molar-refractivity contribution in [2.75, 3.05) is 23.8 Å². The fourth-order valence-corrected chi connectivity index (χ4v) is 5.30. The van der Waals surface area contributed by atoms with Crippen molar-refractivity contribution in [2.45, 2.75) is 43.5 Å². The molecule has 1 aliphatic heterocycles. The van der Waals surface area contributed by atoms with Gasteiger partial charge in [-0.2, -0.15) is 0 Å². The van der Waals surface area contributed by atoms with Gasteiger partial charge in [-0.25, -0.2) is 0 Å². The summed E-state index contributed by atoms with van der Waals surface area (Å²) in [6, 6.07) is 12.2. The second kappa shape index (κ2) is 14.2. The van der Waals surface area contributed by atoms with Gasteiger partial charge in [0.1, 0.15) is 41.5 Å². The molecule has 0 saturated carbocycles. The van der Waals surface area contributed by atoms with E-state index in [1.165, 1.54) is 16.8 Å². The van der Waals surface area contributed by atoms with Crippen LogP contribution >= 0.6 is 0 Å². The molecule has 3 aromatic heterocycles. The Kier molecular flexibility index (Phi) is 10.1. The number of nitrogens with one attached hydrogen (secondary N) is 5. The summed E-state index contributed by atoms with van der Waals surface area (Å²) >= 11 is 0. The van der Waals surface area contributed by atoms with Crippen LogP contribution in [0.3, 0.4) is 0 Å². The van der Waals surface area contributed by atoms with Gasteiger partial charge in [-0.3, -0.25) is 19.2 Å². The number of fused-ring (bicyclic) bond motifs is 1. The van der Waals surface area contributed by atoms with Gasteiger partial charge in [0.2, 0.25) is 5.91 Å². The van der Waals surface area contributed by atoms with Gasteiger partial charge in [-0.1, -0.05) is 18.2 Å². The number of aromatic amines is 1. The number of aliphatic hydroxyl groups is 4. The van der Waals surface area contributed by atoms with Crippen molar-refractivity contribution in [2.24, 2.45) is 14.1 Å². The maximum atomic E-state index is 12.8. The number of aryl methyl sites for hydroxylation is 2. The number of amides is 4. The van der Waals surface area contributed by atoms with Crippen molar-refractivity contribution in [3.63, 3.8) is 0 Å². The highest BCUT2D eigenvalue weighted by molar-refractivity contribution is 6.06. The Hall–Kier alpha value is -5.00. The second-order valence-corrected chi connectivity index (χ2v) is 11.3. The number of nitrogens with zero attached hydrogens (tertiary/aromatic N) is 2. The third kappa shape index (κ3) is 7.53. The summed E-state index contributed by atoms with van der Waals surface area (Å²) in [5.41, 5.74) is 2.42. The van der Waals surface area contributed by atoms with Gasteiger partial charge in [0.15, 0.2) is 6.23 Å². The second-order valence-electron chi connectivity index (χ2n) is 11.3. The molecule has 9 N–H and O–H groups in total. The summed E-state index contributed by atoms with van der Waals surface area (Å²) in [7, 11) is 3.25. The van der Waals surface area contributed by atoms with Crippen LogP contribution in [0.4, 0.5) is 11.4 Å². The van der Waals surface area contributed by atoms with E-state index in [2.05, 4.69) is 26.3 Å². The fraction of sp³-hybridized carbons (Fsp3) is 0.355. The van der Waals surface area contributed by atoms with Gasteiger partial charge in [-0.15, -0.1) is 0 Å². The number of ether oxygens (including phenoxy) is 1. The van der Waals surface area contributed by atoms with E-state index in [4.69, 9.17) is 4.74 Å². The third-order valence-electron chi connectivity index (χ3n) is 7.82. The Bertz CT molecular complexity index is 1740. The van der Waals surface area contributed by atoms with Crippen LogP contribution < -0.4 is 21.3 Å². The predicted octanol–water partition coefficient (Wildman–Crippen LogP) is -0.224. The lowest BCUT2D eigenvalue weighted by atomic mass is 9.98. The Labute approximate surface area is 268 Å². The minimum absolute atomic E-state index is 0.0700. The average molecular weight is 652 g/mol. The van der Waals surface area contributed by atoms with Crippen LogP contribution in [0.5, 0.6) is 0 Å². The van der Waals surface area contributed by atoms with Crippen LogP contribution in [0.1, 0.15) is 44.3 Å². The van der Waals surface area contributed by atoms with Crippen molar-refractivity contribution in [3.05, 3.63) is 71.9 Å². The molecule has 250 valence electrons. The van der Waals surface area contributed by atoms with Crippen molar-refractivity contribution in [1.82, 2.24) is 24.8 Å². The number of rotatable bonds is 11. The molecule has 0 aliphatic carbocycles. The largest absolute Gasteiger partial charge is 0.394 e. The maximum absolute atomic E-state index is 12.8.